The van der Waals surface area contributed by atoms with Crippen LogP contribution >= 0.6 is 7.60 Å². The highest BCUT2D eigenvalue weighted by atomic mass is 31.2. The average Bonchev–Trinajstić information content (AvgIpc) is 2.18. The number of aliphatic hydroxyl groups is 1. The van der Waals surface area contributed by atoms with Gasteiger partial charge in [-0.15, -0.1) is 6.58 Å². The third-order valence-corrected chi connectivity index (χ3v) is 4.86. The van der Waals surface area contributed by atoms with Crippen molar-refractivity contribution in [2.75, 3.05) is 13.2 Å². The molecule has 0 aromatic rings. The van der Waals surface area contributed by atoms with Crippen molar-refractivity contribution < 1.29 is 18.7 Å². The first-order chi connectivity index (χ1) is 6.99. The summed E-state index contributed by atoms with van der Waals surface area (Å²) in [4.78, 5) is 0. The lowest BCUT2D eigenvalue weighted by molar-refractivity contribution is 0.0664. The van der Waals surface area contributed by atoms with E-state index in [0.29, 0.717) is 6.42 Å². The summed E-state index contributed by atoms with van der Waals surface area (Å²) in [6.07, 6.45) is 2.02. The van der Waals surface area contributed by atoms with Gasteiger partial charge in [-0.3, -0.25) is 4.57 Å². The van der Waals surface area contributed by atoms with Crippen molar-refractivity contribution in [2.45, 2.75) is 39.0 Å². The maximum atomic E-state index is 12.3. The molecule has 0 spiro atoms. The second kappa shape index (κ2) is 6.44. The highest BCUT2D eigenvalue weighted by Crippen LogP contribution is 2.61. The van der Waals surface area contributed by atoms with E-state index in [-0.39, 0.29) is 19.6 Å². The Morgan fingerprint density at radius 1 is 1.33 bits per heavy atom. The molecule has 5 heteroatoms. The van der Waals surface area contributed by atoms with Crippen LogP contribution in [0.4, 0.5) is 0 Å². The number of rotatable bonds is 8. The van der Waals surface area contributed by atoms with Crippen LogP contribution < -0.4 is 0 Å². The average molecular weight is 236 g/mol. The molecule has 0 aliphatic carbocycles. The summed E-state index contributed by atoms with van der Waals surface area (Å²) in [5.41, 5.74) is 0. The molecule has 0 saturated carbocycles. The second-order valence-electron chi connectivity index (χ2n) is 3.16. The Morgan fingerprint density at radius 3 is 2.07 bits per heavy atom. The molecule has 15 heavy (non-hydrogen) atoms. The zero-order valence-electron chi connectivity index (χ0n) is 9.73. The van der Waals surface area contributed by atoms with E-state index >= 15 is 0 Å². The van der Waals surface area contributed by atoms with Crippen LogP contribution in [-0.4, -0.2) is 23.7 Å². The van der Waals surface area contributed by atoms with Gasteiger partial charge in [0.2, 0.25) is 0 Å². The predicted octanol–water partition coefficient (Wildman–Crippen LogP) is 2.93. The van der Waals surface area contributed by atoms with Crippen LogP contribution in [0.15, 0.2) is 12.7 Å². The van der Waals surface area contributed by atoms with Crippen molar-refractivity contribution in [2.24, 2.45) is 0 Å². The molecule has 0 aliphatic heterocycles. The first-order valence-corrected chi connectivity index (χ1v) is 6.76. The monoisotopic (exact) mass is 236 g/mol. The molecule has 0 aromatic heterocycles. The van der Waals surface area contributed by atoms with Crippen molar-refractivity contribution in [3.8, 4) is 0 Å². The lowest BCUT2D eigenvalue weighted by Crippen LogP contribution is -2.29. The first-order valence-electron chi connectivity index (χ1n) is 5.22. The Labute approximate surface area is 91.8 Å². The molecule has 4 nitrogen and oxygen atoms in total. The molecule has 0 fully saturated rings. The molecule has 0 amide bonds. The zero-order chi connectivity index (χ0) is 11.9. The summed E-state index contributed by atoms with van der Waals surface area (Å²) in [5.74, 6) is 0. The van der Waals surface area contributed by atoms with E-state index in [4.69, 9.17) is 9.05 Å². The van der Waals surface area contributed by atoms with Gasteiger partial charge in [0.25, 0.3) is 0 Å². The van der Waals surface area contributed by atoms with Gasteiger partial charge < -0.3 is 14.2 Å². The molecule has 1 N–H and O–H groups in total. The highest BCUT2D eigenvalue weighted by Gasteiger charge is 2.47. The first kappa shape index (κ1) is 14.8. The van der Waals surface area contributed by atoms with Gasteiger partial charge in [0.15, 0.2) is 5.34 Å². The summed E-state index contributed by atoms with van der Waals surface area (Å²) >= 11 is 0. The van der Waals surface area contributed by atoms with Gasteiger partial charge in [0.05, 0.1) is 13.2 Å². The lowest BCUT2D eigenvalue weighted by atomic mass is 10.2. The van der Waals surface area contributed by atoms with Crippen LogP contribution in [0.2, 0.25) is 0 Å². The fourth-order valence-electron chi connectivity index (χ4n) is 1.30. The SMILES string of the molecule is C=CCC(O)(CC)P(=O)(OCC)OCC. The summed E-state index contributed by atoms with van der Waals surface area (Å²) in [7, 11) is -3.47. The van der Waals surface area contributed by atoms with Gasteiger partial charge in [-0.2, -0.15) is 0 Å². The van der Waals surface area contributed by atoms with E-state index in [2.05, 4.69) is 6.58 Å². The Bertz CT molecular complexity index is 232. The smallest absolute Gasteiger partial charge is 0.362 e. The second-order valence-corrected chi connectivity index (χ2v) is 5.51. The molecule has 1 atom stereocenters. The zero-order valence-corrected chi connectivity index (χ0v) is 10.6. The maximum absolute atomic E-state index is 12.3. The largest absolute Gasteiger partial charge is 0.377 e. The molecular formula is C10H21O4P. The minimum atomic E-state index is -3.47. The van der Waals surface area contributed by atoms with E-state index in [1.807, 2.05) is 0 Å². The van der Waals surface area contributed by atoms with E-state index < -0.39 is 12.9 Å². The molecule has 0 aliphatic rings. The summed E-state index contributed by atoms with van der Waals surface area (Å²) in [5, 5.41) is 8.76. The van der Waals surface area contributed by atoms with Gasteiger partial charge >= 0.3 is 7.60 Å². The van der Waals surface area contributed by atoms with Crippen LogP contribution in [0.5, 0.6) is 0 Å². The molecular weight excluding hydrogens is 215 g/mol. The quantitative estimate of drug-likeness (QED) is 0.520. The van der Waals surface area contributed by atoms with Crippen LogP contribution in [0.25, 0.3) is 0 Å². The minimum absolute atomic E-state index is 0.195. The summed E-state index contributed by atoms with van der Waals surface area (Å²) in [6, 6.07) is 0. The van der Waals surface area contributed by atoms with Crippen molar-refractivity contribution >= 4 is 7.60 Å². The molecule has 0 rings (SSSR count). The minimum Gasteiger partial charge on any atom is -0.377 e. The Kier molecular flexibility index (Phi) is 6.37. The van der Waals surface area contributed by atoms with Gasteiger partial charge in [-0.1, -0.05) is 13.0 Å². The van der Waals surface area contributed by atoms with Gasteiger partial charge in [-0.25, -0.2) is 0 Å². The van der Waals surface area contributed by atoms with E-state index in [9.17, 15) is 9.67 Å². The summed E-state index contributed by atoms with van der Waals surface area (Å²) in [6.45, 7) is 9.21. The Morgan fingerprint density at radius 2 is 1.80 bits per heavy atom. The molecule has 0 heterocycles. The normalized spacial score (nSPS) is 16.0. The predicted molar refractivity (Wildman–Crippen MR) is 60.9 cm³/mol. The molecule has 0 bridgehead atoms. The lowest BCUT2D eigenvalue weighted by Gasteiger charge is -2.32. The van der Waals surface area contributed by atoms with Crippen molar-refractivity contribution in [1.82, 2.24) is 0 Å². The van der Waals surface area contributed by atoms with Crippen molar-refractivity contribution in [3.63, 3.8) is 0 Å². The van der Waals surface area contributed by atoms with E-state index in [1.165, 1.54) is 6.08 Å². The van der Waals surface area contributed by atoms with E-state index in [0.717, 1.165) is 0 Å². The standard InChI is InChI=1S/C10H21O4P/c1-5-9-10(11,6-2)15(12,13-7-3)14-8-4/h5,11H,1,6-9H2,2-4H3. The topological polar surface area (TPSA) is 55.8 Å². The molecule has 0 saturated heterocycles. The van der Waals surface area contributed by atoms with Gasteiger partial charge in [0.1, 0.15) is 0 Å². The van der Waals surface area contributed by atoms with E-state index in [1.54, 1.807) is 20.8 Å². The molecule has 90 valence electrons. The summed E-state index contributed by atoms with van der Waals surface area (Å²) < 4.78 is 22.5. The van der Waals surface area contributed by atoms with Crippen molar-refractivity contribution in [3.05, 3.63) is 12.7 Å². The third-order valence-electron chi connectivity index (χ3n) is 2.15. The fourth-order valence-corrected chi connectivity index (χ4v) is 3.27. The fraction of sp³-hybridized carbons (Fsp3) is 0.800. The number of hydrogen-bond acceptors (Lipinski definition) is 4. The van der Waals surface area contributed by atoms with Crippen molar-refractivity contribution in [1.29, 1.82) is 0 Å². The van der Waals surface area contributed by atoms with Crippen LogP contribution in [0.3, 0.4) is 0 Å². The van der Waals surface area contributed by atoms with Crippen LogP contribution in [0.1, 0.15) is 33.6 Å². The Hall–Kier alpha value is -0.150. The Balaban J connectivity index is 4.99. The third kappa shape index (κ3) is 3.42. The molecule has 0 radical (unpaired) electrons. The van der Waals surface area contributed by atoms with Gasteiger partial charge in [0, 0.05) is 6.42 Å². The number of hydrogen-bond donors (Lipinski definition) is 1. The molecule has 0 aromatic carbocycles. The van der Waals surface area contributed by atoms with Crippen LogP contribution in [-0.2, 0) is 13.6 Å². The maximum Gasteiger partial charge on any atom is 0.362 e. The van der Waals surface area contributed by atoms with Gasteiger partial charge in [-0.05, 0) is 20.3 Å². The highest BCUT2D eigenvalue weighted by molar-refractivity contribution is 7.55. The van der Waals surface area contributed by atoms with Crippen LogP contribution in [0, 0.1) is 0 Å². The molecule has 1 unspecified atom stereocenters.